The molecule has 4 nitrogen and oxygen atoms in total. The molecule has 0 bridgehead atoms. The topological polar surface area (TPSA) is 36.4 Å². The van der Waals surface area contributed by atoms with Gasteiger partial charge in [-0.2, -0.15) is 0 Å². The van der Waals surface area contributed by atoms with Gasteiger partial charge in [-0.1, -0.05) is 29.5 Å². The van der Waals surface area contributed by atoms with E-state index < -0.39 is 5.82 Å². The number of carbonyl (C=O) groups is 1. The maximum absolute atomic E-state index is 14.2. The predicted molar refractivity (Wildman–Crippen MR) is 110 cm³/mol. The van der Waals surface area contributed by atoms with E-state index >= 15 is 0 Å². The highest BCUT2D eigenvalue weighted by Crippen LogP contribution is 2.33. The summed E-state index contributed by atoms with van der Waals surface area (Å²) in [5.74, 6) is -0.853. The fourth-order valence-corrected chi connectivity index (χ4v) is 3.99. The van der Waals surface area contributed by atoms with Crippen LogP contribution in [0.4, 0.5) is 9.52 Å². The molecule has 1 aromatic heterocycles. The smallest absolute Gasteiger partial charge is 0.263 e. The molecule has 0 radical (unpaired) electrons. The van der Waals surface area contributed by atoms with Crippen molar-refractivity contribution in [2.75, 3.05) is 32.1 Å². The Morgan fingerprint density at radius 1 is 1.11 bits per heavy atom. The summed E-state index contributed by atoms with van der Waals surface area (Å²) in [5, 5.41) is 0.616. The lowest BCUT2D eigenvalue weighted by Crippen LogP contribution is -2.34. The first-order chi connectivity index (χ1) is 12.9. The zero-order valence-electron chi connectivity index (χ0n) is 16.1. The molecule has 0 aliphatic rings. The van der Waals surface area contributed by atoms with Gasteiger partial charge in [0.25, 0.3) is 5.91 Å². The normalized spacial score (nSPS) is 11.3. The second-order valence-corrected chi connectivity index (χ2v) is 7.95. The number of benzene rings is 2. The number of hydrogen-bond donors (Lipinski definition) is 0. The first kappa shape index (κ1) is 19.5. The van der Waals surface area contributed by atoms with Gasteiger partial charge in [0.15, 0.2) is 5.13 Å². The molecule has 0 saturated carbocycles. The van der Waals surface area contributed by atoms with Crippen molar-refractivity contribution in [3.05, 3.63) is 58.9 Å². The molecule has 1 heterocycles. The number of anilines is 1. The minimum Gasteiger partial charge on any atom is -0.309 e. The van der Waals surface area contributed by atoms with Gasteiger partial charge in [-0.15, -0.1) is 0 Å². The van der Waals surface area contributed by atoms with Crippen LogP contribution in [0.5, 0.6) is 0 Å². The van der Waals surface area contributed by atoms with Gasteiger partial charge in [0.1, 0.15) is 5.82 Å². The standard InChI is InChI=1S/C21H24FN3OS/c1-14-10-11-18-19(15(14)2)23-21(27-18)25(13-7-12-24(3)4)20(26)16-8-5-6-9-17(16)22/h5-6,8-11H,7,12-13H2,1-4H3. The van der Waals surface area contributed by atoms with Gasteiger partial charge in [0, 0.05) is 6.54 Å². The Hall–Kier alpha value is -2.31. The maximum atomic E-state index is 14.2. The summed E-state index contributed by atoms with van der Waals surface area (Å²) in [6, 6.07) is 10.2. The van der Waals surface area contributed by atoms with Crippen LogP contribution >= 0.6 is 11.3 Å². The fraction of sp³-hybridized carbons (Fsp3) is 0.333. The zero-order chi connectivity index (χ0) is 19.6. The average molecular weight is 386 g/mol. The third-order valence-corrected chi connectivity index (χ3v) is 5.68. The van der Waals surface area contributed by atoms with E-state index in [1.54, 1.807) is 17.0 Å². The van der Waals surface area contributed by atoms with E-state index in [-0.39, 0.29) is 11.5 Å². The quantitative estimate of drug-likeness (QED) is 0.620. The van der Waals surface area contributed by atoms with Gasteiger partial charge in [0.2, 0.25) is 0 Å². The number of amides is 1. The highest BCUT2D eigenvalue weighted by Gasteiger charge is 2.23. The molecule has 1 amide bonds. The summed E-state index contributed by atoms with van der Waals surface area (Å²) in [4.78, 5) is 21.5. The lowest BCUT2D eigenvalue weighted by Gasteiger charge is -2.21. The van der Waals surface area contributed by atoms with Crippen molar-refractivity contribution in [3.63, 3.8) is 0 Å². The third-order valence-electron chi connectivity index (χ3n) is 4.64. The van der Waals surface area contributed by atoms with E-state index in [0.717, 1.165) is 28.7 Å². The fourth-order valence-electron chi connectivity index (χ4n) is 2.94. The number of nitrogens with zero attached hydrogens (tertiary/aromatic N) is 3. The van der Waals surface area contributed by atoms with Crippen molar-refractivity contribution in [2.24, 2.45) is 0 Å². The summed E-state index contributed by atoms with van der Waals surface area (Å²) in [5.41, 5.74) is 3.27. The molecule has 27 heavy (non-hydrogen) atoms. The number of fused-ring (bicyclic) bond motifs is 1. The Labute approximate surface area is 163 Å². The van der Waals surface area contributed by atoms with Crippen molar-refractivity contribution in [1.82, 2.24) is 9.88 Å². The molecule has 2 aromatic carbocycles. The molecule has 0 unspecified atom stereocenters. The molecule has 0 spiro atoms. The summed E-state index contributed by atoms with van der Waals surface area (Å²) in [6.07, 6.45) is 0.779. The number of aromatic nitrogens is 1. The van der Waals surface area contributed by atoms with Gasteiger partial charge >= 0.3 is 0 Å². The Morgan fingerprint density at radius 2 is 1.85 bits per heavy atom. The third kappa shape index (κ3) is 4.17. The van der Waals surface area contributed by atoms with E-state index in [1.165, 1.54) is 29.0 Å². The van der Waals surface area contributed by atoms with Crippen LogP contribution in [0.2, 0.25) is 0 Å². The number of hydrogen-bond acceptors (Lipinski definition) is 4. The van der Waals surface area contributed by atoms with Gasteiger partial charge in [-0.25, -0.2) is 9.37 Å². The summed E-state index contributed by atoms with van der Waals surface area (Å²) in [6.45, 7) is 5.41. The number of thiazole rings is 1. The molecule has 0 saturated heterocycles. The van der Waals surface area contributed by atoms with E-state index in [4.69, 9.17) is 4.98 Å². The highest BCUT2D eigenvalue weighted by atomic mass is 32.1. The minimum atomic E-state index is -0.506. The second kappa shape index (κ2) is 8.15. The monoisotopic (exact) mass is 385 g/mol. The van der Waals surface area contributed by atoms with E-state index in [0.29, 0.717) is 11.7 Å². The van der Waals surface area contributed by atoms with Crippen molar-refractivity contribution in [1.29, 1.82) is 0 Å². The Bertz CT molecular complexity index is 967. The maximum Gasteiger partial charge on any atom is 0.263 e. The molecule has 142 valence electrons. The van der Waals surface area contributed by atoms with E-state index in [9.17, 15) is 9.18 Å². The van der Waals surface area contributed by atoms with Crippen LogP contribution in [-0.2, 0) is 0 Å². The largest absolute Gasteiger partial charge is 0.309 e. The van der Waals surface area contributed by atoms with E-state index in [2.05, 4.69) is 11.0 Å². The van der Waals surface area contributed by atoms with Gasteiger partial charge < -0.3 is 4.90 Å². The molecule has 0 N–H and O–H groups in total. The summed E-state index contributed by atoms with van der Waals surface area (Å²) < 4.78 is 15.2. The first-order valence-corrected chi connectivity index (χ1v) is 9.78. The summed E-state index contributed by atoms with van der Waals surface area (Å²) >= 11 is 1.47. The van der Waals surface area contributed by atoms with Crippen molar-refractivity contribution in [2.45, 2.75) is 20.3 Å². The number of carbonyl (C=O) groups excluding carboxylic acids is 1. The zero-order valence-corrected chi connectivity index (χ0v) is 16.9. The van der Waals surface area contributed by atoms with Crippen LogP contribution in [0.1, 0.15) is 27.9 Å². The van der Waals surface area contributed by atoms with E-state index in [1.807, 2.05) is 34.0 Å². The average Bonchev–Trinajstić information content (AvgIpc) is 3.06. The van der Waals surface area contributed by atoms with Gasteiger partial charge in [0.05, 0.1) is 15.8 Å². The molecule has 0 fully saturated rings. The second-order valence-electron chi connectivity index (χ2n) is 6.94. The van der Waals surface area contributed by atoms with Gasteiger partial charge in [-0.05, 0) is 70.2 Å². The Balaban J connectivity index is 2.00. The summed E-state index contributed by atoms with van der Waals surface area (Å²) in [7, 11) is 3.99. The molecule has 3 rings (SSSR count). The first-order valence-electron chi connectivity index (χ1n) is 8.96. The molecular weight excluding hydrogens is 361 g/mol. The van der Waals surface area contributed by atoms with Crippen LogP contribution in [0, 0.1) is 19.7 Å². The lowest BCUT2D eigenvalue weighted by molar-refractivity contribution is 0.0982. The molecule has 6 heteroatoms. The van der Waals surface area contributed by atoms with Crippen LogP contribution in [0.15, 0.2) is 36.4 Å². The number of aryl methyl sites for hydroxylation is 2. The van der Waals surface area contributed by atoms with Crippen LogP contribution in [-0.4, -0.2) is 43.0 Å². The number of halogens is 1. The van der Waals surface area contributed by atoms with Crippen molar-refractivity contribution in [3.8, 4) is 0 Å². The van der Waals surface area contributed by atoms with Crippen molar-refractivity contribution < 1.29 is 9.18 Å². The molecular formula is C21H24FN3OS. The lowest BCUT2D eigenvalue weighted by atomic mass is 10.1. The molecule has 0 aliphatic carbocycles. The van der Waals surface area contributed by atoms with Crippen LogP contribution in [0.25, 0.3) is 10.2 Å². The SMILES string of the molecule is Cc1ccc2sc(N(CCCN(C)C)C(=O)c3ccccc3F)nc2c1C. The Kier molecular flexibility index (Phi) is 5.87. The molecule has 0 aliphatic heterocycles. The molecule has 3 aromatic rings. The van der Waals surface area contributed by atoms with Crippen molar-refractivity contribution >= 4 is 32.6 Å². The van der Waals surface area contributed by atoms with Crippen LogP contribution in [0.3, 0.4) is 0 Å². The van der Waals surface area contributed by atoms with Gasteiger partial charge in [-0.3, -0.25) is 9.69 Å². The highest BCUT2D eigenvalue weighted by molar-refractivity contribution is 7.22. The van der Waals surface area contributed by atoms with Crippen LogP contribution < -0.4 is 4.90 Å². The number of rotatable bonds is 6. The minimum absolute atomic E-state index is 0.0783. The Morgan fingerprint density at radius 3 is 2.56 bits per heavy atom. The molecule has 0 atom stereocenters. The predicted octanol–water partition coefficient (Wildman–Crippen LogP) is 4.65.